The average Bonchev–Trinajstić information content (AvgIpc) is 2.66. The summed E-state index contributed by atoms with van der Waals surface area (Å²) >= 11 is 8.22. The van der Waals surface area contributed by atoms with Gasteiger partial charge >= 0.3 is 6.09 Å². The molecule has 0 aliphatic carbocycles. The normalized spacial score (nSPS) is 13.6. The van der Waals surface area contributed by atoms with Gasteiger partial charge < -0.3 is 15.2 Å². The number of hydrogen-bond acceptors (Lipinski definition) is 4. The predicted molar refractivity (Wildman–Crippen MR) is 125 cm³/mol. The highest BCUT2D eigenvalue weighted by molar-refractivity contribution is 7.99. The van der Waals surface area contributed by atoms with Crippen molar-refractivity contribution >= 4 is 29.5 Å². The Balaban J connectivity index is 2.01. The molecule has 0 aliphatic rings. The predicted octanol–water partition coefficient (Wildman–Crippen LogP) is 6.26. The molecule has 30 heavy (non-hydrogen) atoms. The largest absolute Gasteiger partial charge is 0.444 e. The van der Waals surface area contributed by atoms with Crippen LogP contribution >= 0.6 is 23.4 Å². The number of benzene rings is 2. The van der Waals surface area contributed by atoms with Crippen molar-refractivity contribution in [2.75, 3.05) is 6.61 Å². The first-order valence-electron chi connectivity index (χ1n) is 10.2. The fraction of sp³-hybridized carbons (Fsp3) is 0.458. The minimum atomic E-state index is -0.792. The lowest BCUT2D eigenvalue weighted by atomic mass is 9.94. The Labute approximate surface area is 189 Å². The molecule has 2 rings (SSSR count). The van der Waals surface area contributed by atoms with Crippen LogP contribution in [0.4, 0.5) is 4.79 Å². The fourth-order valence-corrected chi connectivity index (χ4v) is 4.18. The molecular weight excluding hydrogens is 418 g/mol. The van der Waals surface area contributed by atoms with Crippen LogP contribution in [-0.4, -0.2) is 28.9 Å². The van der Waals surface area contributed by atoms with Crippen LogP contribution in [0.1, 0.15) is 52.2 Å². The zero-order chi connectivity index (χ0) is 22.4. The monoisotopic (exact) mass is 449 g/mol. The standard InChI is InChI=1S/C24H32ClNO3S/c1-6-17-8-7-9-19(14-17)30-20-11-10-18(21(25)15-20)12-13-24(5,16-27)26-22(28)29-23(2,3)4/h7-11,14-15,27H,6,12-13,16H2,1-5H3,(H,26,28)/t24-/m1/s1. The third-order valence-corrected chi connectivity index (χ3v) is 6.00. The molecule has 0 unspecified atom stereocenters. The Hall–Kier alpha value is -1.69. The third-order valence-electron chi connectivity index (χ3n) is 4.66. The van der Waals surface area contributed by atoms with Crippen LogP contribution in [0.3, 0.4) is 0 Å². The molecule has 0 fully saturated rings. The maximum absolute atomic E-state index is 12.1. The molecule has 0 heterocycles. The molecule has 2 aromatic carbocycles. The molecular formula is C24H32ClNO3S. The molecule has 0 spiro atoms. The summed E-state index contributed by atoms with van der Waals surface area (Å²) in [7, 11) is 0. The van der Waals surface area contributed by atoms with E-state index in [0.29, 0.717) is 17.9 Å². The Morgan fingerprint density at radius 2 is 1.83 bits per heavy atom. The van der Waals surface area contributed by atoms with E-state index in [1.165, 1.54) is 10.5 Å². The van der Waals surface area contributed by atoms with Gasteiger partial charge in [-0.2, -0.15) is 0 Å². The number of carbonyl (C=O) groups excluding carboxylic acids is 1. The van der Waals surface area contributed by atoms with E-state index in [-0.39, 0.29) is 6.61 Å². The summed E-state index contributed by atoms with van der Waals surface area (Å²) in [5.41, 5.74) is 0.908. The Kier molecular flexibility index (Phi) is 8.65. The van der Waals surface area contributed by atoms with Gasteiger partial charge in [0.1, 0.15) is 5.60 Å². The molecule has 0 aliphatic heterocycles. The van der Waals surface area contributed by atoms with Crippen LogP contribution in [-0.2, 0) is 17.6 Å². The van der Waals surface area contributed by atoms with Crippen LogP contribution < -0.4 is 5.32 Å². The summed E-state index contributed by atoms with van der Waals surface area (Å²) in [5, 5.41) is 13.3. The van der Waals surface area contributed by atoms with Gasteiger partial charge in [-0.25, -0.2) is 4.79 Å². The van der Waals surface area contributed by atoms with E-state index in [2.05, 4.69) is 42.6 Å². The van der Waals surface area contributed by atoms with Crippen LogP contribution in [0.5, 0.6) is 0 Å². The first kappa shape index (κ1) is 24.6. The highest BCUT2D eigenvalue weighted by atomic mass is 35.5. The van der Waals surface area contributed by atoms with E-state index in [4.69, 9.17) is 16.3 Å². The summed E-state index contributed by atoms with van der Waals surface area (Å²) in [6.45, 7) is 9.18. The molecule has 2 N–H and O–H groups in total. The van der Waals surface area contributed by atoms with Crippen molar-refractivity contribution in [1.29, 1.82) is 0 Å². The maximum atomic E-state index is 12.1. The van der Waals surface area contributed by atoms with E-state index >= 15 is 0 Å². The van der Waals surface area contributed by atoms with E-state index in [1.807, 2.05) is 12.1 Å². The number of hydrogen-bond donors (Lipinski definition) is 2. The quantitative estimate of drug-likeness (QED) is 0.499. The number of amides is 1. The van der Waals surface area contributed by atoms with Gasteiger partial charge in [0.2, 0.25) is 0 Å². The molecule has 0 saturated carbocycles. The van der Waals surface area contributed by atoms with Crippen molar-refractivity contribution in [2.45, 2.75) is 74.8 Å². The van der Waals surface area contributed by atoms with Crippen molar-refractivity contribution in [3.05, 3.63) is 58.6 Å². The van der Waals surface area contributed by atoms with E-state index in [0.717, 1.165) is 16.9 Å². The van der Waals surface area contributed by atoms with Gasteiger partial charge in [-0.15, -0.1) is 0 Å². The van der Waals surface area contributed by atoms with Gasteiger partial charge in [0.25, 0.3) is 0 Å². The van der Waals surface area contributed by atoms with Crippen LogP contribution in [0.25, 0.3) is 0 Å². The first-order chi connectivity index (χ1) is 14.0. The number of rotatable bonds is 8. The van der Waals surface area contributed by atoms with Gasteiger partial charge in [0, 0.05) is 14.8 Å². The summed E-state index contributed by atoms with van der Waals surface area (Å²) in [5.74, 6) is 0. The van der Waals surface area contributed by atoms with Crippen LogP contribution in [0.15, 0.2) is 52.3 Å². The summed E-state index contributed by atoms with van der Waals surface area (Å²) in [6.07, 6.45) is 1.64. The number of aryl methyl sites for hydroxylation is 2. The second kappa shape index (κ2) is 10.6. The summed E-state index contributed by atoms with van der Waals surface area (Å²) < 4.78 is 5.31. The van der Waals surface area contributed by atoms with Crippen molar-refractivity contribution in [3.8, 4) is 0 Å². The molecule has 164 valence electrons. The number of aliphatic hydroxyl groups is 1. The molecule has 4 nitrogen and oxygen atoms in total. The van der Waals surface area contributed by atoms with Gasteiger partial charge in [-0.3, -0.25) is 0 Å². The van der Waals surface area contributed by atoms with Crippen molar-refractivity contribution < 1.29 is 14.6 Å². The second-order valence-corrected chi connectivity index (χ2v) is 10.3. The highest BCUT2D eigenvalue weighted by Gasteiger charge is 2.28. The highest BCUT2D eigenvalue weighted by Crippen LogP contribution is 2.32. The van der Waals surface area contributed by atoms with Crippen LogP contribution in [0.2, 0.25) is 5.02 Å². The van der Waals surface area contributed by atoms with E-state index in [1.54, 1.807) is 39.5 Å². The van der Waals surface area contributed by atoms with Gasteiger partial charge in [-0.05, 0) is 82.3 Å². The summed E-state index contributed by atoms with van der Waals surface area (Å²) in [4.78, 5) is 14.4. The third kappa shape index (κ3) is 7.86. The zero-order valence-corrected chi connectivity index (χ0v) is 20.0. The number of alkyl carbamates (subject to hydrolysis) is 1. The Bertz CT molecular complexity index is 866. The smallest absolute Gasteiger partial charge is 0.408 e. The fourth-order valence-electron chi connectivity index (χ4n) is 2.90. The lowest BCUT2D eigenvalue weighted by molar-refractivity contribution is 0.0407. The number of ether oxygens (including phenoxy) is 1. The molecule has 0 bridgehead atoms. The van der Waals surface area contributed by atoms with Crippen LogP contribution in [0, 0.1) is 0 Å². The van der Waals surface area contributed by atoms with E-state index < -0.39 is 17.2 Å². The van der Waals surface area contributed by atoms with Gasteiger partial charge in [-0.1, -0.05) is 48.5 Å². The maximum Gasteiger partial charge on any atom is 0.408 e. The lowest BCUT2D eigenvalue weighted by Gasteiger charge is -2.30. The average molecular weight is 450 g/mol. The first-order valence-corrected chi connectivity index (χ1v) is 11.4. The Morgan fingerprint density at radius 3 is 2.43 bits per heavy atom. The van der Waals surface area contributed by atoms with Crippen molar-refractivity contribution in [3.63, 3.8) is 0 Å². The minimum Gasteiger partial charge on any atom is -0.444 e. The zero-order valence-electron chi connectivity index (χ0n) is 18.4. The minimum absolute atomic E-state index is 0.189. The molecule has 6 heteroatoms. The SMILES string of the molecule is CCc1cccc(Sc2ccc(CC[C@](C)(CO)NC(=O)OC(C)(C)C)c(Cl)c2)c1. The Morgan fingerprint density at radius 1 is 1.13 bits per heavy atom. The molecule has 2 aromatic rings. The number of carbonyl (C=O) groups is 1. The summed E-state index contributed by atoms with van der Waals surface area (Å²) in [6, 6.07) is 14.5. The number of nitrogens with one attached hydrogen (secondary N) is 1. The number of halogens is 1. The molecule has 1 amide bonds. The molecule has 0 radical (unpaired) electrons. The molecule has 1 atom stereocenters. The second-order valence-electron chi connectivity index (χ2n) is 8.70. The van der Waals surface area contributed by atoms with Gasteiger partial charge in [0.05, 0.1) is 12.1 Å². The molecule has 0 aromatic heterocycles. The van der Waals surface area contributed by atoms with E-state index in [9.17, 15) is 9.90 Å². The molecule has 0 saturated heterocycles. The number of aliphatic hydroxyl groups excluding tert-OH is 1. The topological polar surface area (TPSA) is 58.6 Å². The van der Waals surface area contributed by atoms with Crippen molar-refractivity contribution in [1.82, 2.24) is 5.32 Å². The van der Waals surface area contributed by atoms with Gasteiger partial charge in [0.15, 0.2) is 0 Å². The lowest BCUT2D eigenvalue weighted by Crippen LogP contribution is -2.50. The van der Waals surface area contributed by atoms with Crippen molar-refractivity contribution in [2.24, 2.45) is 0 Å².